The first-order valence-corrected chi connectivity index (χ1v) is 13.9. The van der Waals surface area contributed by atoms with Crippen molar-refractivity contribution in [1.82, 2.24) is 10.2 Å². The van der Waals surface area contributed by atoms with Crippen molar-refractivity contribution in [2.24, 2.45) is 11.3 Å². The summed E-state index contributed by atoms with van der Waals surface area (Å²) in [5.41, 5.74) is 1.81. The molecule has 1 aliphatic heterocycles. The fourth-order valence-electron chi connectivity index (χ4n) is 4.98. The third-order valence-electron chi connectivity index (χ3n) is 7.28. The molecule has 1 aromatic carbocycles. The number of amides is 2. The van der Waals surface area contributed by atoms with Gasteiger partial charge in [-0.05, 0) is 42.2 Å². The highest BCUT2D eigenvalue weighted by Gasteiger charge is 2.34. The predicted octanol–water partition coefficient (Wildman–Crippen LogP) is 3.92. The van der Waals surface area contributed by atoms with Crippen LogP contribution in [0.2, 0.25) is 0 Å². The largest absolute Gasteiger partial charge is 0.379 e. The Morgan fingerprint density at radius 1 is 1.21 bits per heavy atom. The number of hydrogen-bond acceptors (Lipinski definition) is 8. The Bertz CT molecular complexity index is 1170. The molecule has 1 atom stereocenters. The van der Waals surface area contributed by atoms with Crippen molar-refractivity contribution < 1.29 is 19.2 Å². The number of nitrogens with one attached hydrogen (secondary N) is 3. The van der Waals surface area contributed by atoms with Gasteiger partial charge in [0.25, 0.3) is 11.6 Å². The first kappa shape index (κ1) is 28.2. The minimum atomic E-state index is -0.494. The fourth-order valence-corrected chi connectivity index (χ4v) is 6.32. The number of ether oxygens (including phenoxy) is 1. The third kappa shape index (κ3) is 7.16. The number of fused-ring (bicyclic) bond motifs is 1. The molecule has 1 aromatic heterocycles. The Labute approximate surface area is 227 Å². The summed E-state index contributed by atoms with van der Waals surface area (Å²) < 4.78 is 5.37. The Morgan fingerprint density at radius 2 is 1.97 bits per heavy atom. The first-order valence-electron chi connectivity index (χ1n) is 13.1. The molecule has 1 fully saturated rings. The van der Waals surface area contributed by atoms with Gasteiger partial charge in [0.15, 0.2) is 0 Å². The number of hydrogen-bond donors (Lipinski definition) is 3. The van der Waals surface area contributed by atoms with Gasteiger partial charge in [0.05, 0.1) is 30.2 Å². The van der Waals surface area contributed by atoms with Gasteiger partial charge in [0.1, 0.15) is 5.00 Å². The molecule has 1 unspecified atom stereocenters. The lowest BCUT2D eigenvalue weighted by molar-refractivity contribution is -0.384. The van der Waals surface area contributed by atoms with Crippen LogP contribution in [0, 0.1) is 21.4 Å². The molecule has 2 aromatic rings. The van der Waals surface area contributed by atoms with Crippen LogP contribution in [0.15, 0.2) is 24.3 Å². The second-order valence-corrected chi connectivity index (χ2v) is 12.1. The quantitative estimate of drug-likeness (QED) is 0.249. The van der Waals surface area contributed by atoms with E-state index in [0.29, 0.717) is 28.7 Å². The van der Waals surface area contributed by atoms with Crippen LogP contribution in [0.3, 0.4) is 0 Å². The Kier molecular flexibility index (Phi) is 9.14. The monoisotopic (exact) mass is 543 g/mol. The highest BCUT2D eigenvalue weighted by molar-refractivity contribution is 7.17. The lowest BCUT2D eigenvalue weighted by Gasteiger charge is -2.33. The second-order valence-electron chi connectivity index (χ2n) is 11.0. The maximum absolute atomic E-state index is 13.5. The summed E-state index contributed by atoms with van der Waals surface area (Å²) in [5, 5.41) is 20.7. The average molecular weight is 544 g/mol. The summed E-state index contributed by atoms with van der Waals surface area (Å²) in [6, 6.07) is 5.88. The van der Waals surface area contributed by atoms with Gasteiger partial charge in [-0.3, -0.25) is 24.6 Å². The van der Waals surface area contributed by atoms with Crippen LogP contribution in [-0.2, 0) is 22.4 Å². The Morgan fingerprint density at radius 3 is 2.68 bits per heavy atom. The van der Waals surface area contributed by atoms with E-state index in [2.05, 4.69) is 41.6 Å². The van der Waals surface area contributed by atoms with Crippen molar-refractivity contribution in [1.29, 1.82) is 0 Å². The molecule has 2 amide bonds. The summed E-state index contributed by atoms with van der Waals surface area (Å²) in [5.74, 6) is -0.0955. The first-order chi connectivity index (χ1) is 18.1. The summed E-state index contributed by atoms with van der Waals surface area (Å²) in [6.45, 7) is 11.6. The SMILES string of the molecule is CC(C)(C)C1CCc2c(sc(NC(=O)CNCCN3CCOCC3)c2C(=O)Nc2cccc([N+](=O)[O-])c2)C1. The number of nitrogens with zero attached hydrogens (tertiary/aromatic N) is 2. The molecule has 0 saturated carbocycles. The number of nitro groups is 1. The normalized spacial score (nSPS) is 18.0. The number of benzene rings is 1. The molecular formula is C27H37N5O5S. The minimum Gasteiger partial charge on any atom is -0.379 e. The Balaban J connectivity index is 1.48. The van der Waals surface area contributed by atoms with Gasteiger partial charge >= 0.3 is 0 Å². The van der Waals surface area contributed by atoms with Gasteiger partial charge in [0, 0.05) is 48.9 Å². The van der Waals surface area contributed by atoms with Crippen LogP contribution in [0.4, 0.5) is 16.4 Å². The lowest BCUT2D eigenvalue weighted by Crippen LogP contribution is -2.41. The van der Waals surface area contributed by atoms with Crippen LogP contribution in [0.5, 0.6) is 0 Å². The van der Waals surface area contributed by atoms with E-state index >= 15 is 0 Å². The van der Waals surface area contributed by atoms with Gasteiger partial charge < -0.3 is 20.7 Å². The summed E-state index contributed by atoms with van der Waals surface area (Å²) in [7, 11) is 0. The number of carbonyl (C=O) groups excluding carboxylic acids is 2. The van der Waals surface area contributed by atoms with Crippen molar-refractivity contribution in [3.8, 4) is 0 Å². The highest BCUT2D eigenvalue weighted by atomic mass is 32.1. The van der Waals surface area contributed by atoms with Crippen LogP contribution in [-0.4, -0.2) is 67.6 Å². The molecule has 2 aliphatic rings. The molecule has 1 saturated heterocycles. The van der Waals surface area contributed by atoms with E-state index in [0.717, 1.165) is 62.6 Å². The topological polar surface area (TPSA) is 126 Å². The standard InChI is InChI=1S/C27H37N5O5S/c1-27(2,3)18-7-8-21-22(15-18)38-26(30-23(33)17-28-9-10-31-11-13-37-14-12-31)24(21)25(34)29-19-5-4-6-20(16-19)32(35)36/h4-6,16,18,28H,7-15,17H2,1-3H3,(H,29,34)(H,30,33). The van der Waals surface area contributed by atoms with Crippen LogP contribution in [0.1, 0.15) is 48.0 Å². The van der Waals surface area contributed by atoms with E-state index in [4.69, 9.17) is 4.74 Å². The van der Waals surface area contributed by atoms with Crippen LogP contribution in [0.25, 0.3) is 0 Å². The molecule has 2 heterocycles. The van der Waals surface area contributed by atoms with E-state index < -0.39 is 4.92 Å². The van der Waals surface area contributed by atoms with Gasteiger partial charge in [-0.1, -0.05) is 26.8 Å². The predicted molar refractivity (Wildman–Crippen MR) is 149 cm³/mol. The van der Waals surface area contributed by atoms with E-state index in [9.17, 15) is 19.7 Å². The highest BCUT2D eigenvalue weighted by Crippen LogP contribution is 2.44. The van der Waals surface area contributed by atoms with Crippen molar-refractivity contribution in [2.75, 3.05) is 56.6 Å². The molecule has 0 bridgehead atoms. The molecule has 1 aliphatic carbocycles. The number of rotatable bonds is 9. The molecule has 0 radical (unpaired) electrons. The van der Waals surface area contributed by atoms with Crippen LogP contribution >= 0.6 is 11.3 Å². The van der Waals surface area contributed by atoms with E-state index in [1.807, 2.05) is 0 Å². The van der Waals surface area contributed by atoms with Crippen molar-refractivity contribution >= 4 is 39.5 Å². The number of morpholine rings is 1. The maximum atomic E-state index is 13.5. The van der Waals surface area contributed by atoms with Gasteiger partial charge in [0.2, 0.25) is 5.91 Å². The molecule has 38 heavy (non-hydrogen) atoms. The van der Waals surface area contributed by atoms with Crippen LogP contribution < -0.4 is 16.0 Å². The van der Waals surface area contributed by atoms with E-state index in [-0.39, 0.29) is 29.5 Å². The van der Waals surface area contributed by atoms with Gasteiger partial charge in [-0.2, -0.15) is 0 Å². The second kappa shape index (κ2) is 12.3. The molecular weight excluding hydrogens is 506 g/mol. The Hall–Kier alpha value is -2.86. The number of thiophene rings is 1. The smallest absolute Gasteiger partial charge is 0.271 e. The summed E-state index contributed by atoms with van der Waals surface area (Å²) in [4.78, 5) is 40.4. The number of anilines is 2. The molecule has 10 nitrogen and oxygen atoms in total. The maximum Gasteiger partial charge on any atom is 0.271 e. The van der Waals surface area contributed by atoms with Crippen molar-refractivity contribution in [3.63, 3.8) is 0 Å². The number of nitro benzene ring substituents is 1. The average Bonchev–Trinajstić information content (AvgIpc) is 3.24. The summed E-state index contributed by atoms with van der Waals surface area (Å²) >= 11 is 1.47. The molecule has 206 valence electrons. The van der Waals surface area contributed by atoms with E-state index in [1.54, 1.807) is 6.07 Å². The van der Waals surface area contributed by atoms with Gasteiger partial charge in [-0.15, -0.1) is 11.3 Å². The lowest BCUT2D eigenvalue weighted by atomic mass is 9.72. The number of carbonyl (C=O) groups is 2. The molecule has 11 heteroatoms. The zero-order valence-corrected chi connectivity index (χ0v) is 23.1. The number of non-ortho nitro benzene ring substituents is 1. The summed E-state index contributed by atoms with van der Waals surface area (Å²) in [6.07, 6.45) is 2.56. The zero-order valence-electron chi connectivity index (χ0n) is 22.3. The minimum absolute atomic E-state index is 0.0974. The third-order valence-corrected chi connectivity index (χ3v) is 8.45. The molecule has 4 rings (SSSR count). The fraction of sp³-hybridized carbons (Fsp3) is 0.556. The molecule has 0 spiro atoms. The van der Waals surface area contributed by atoms with Crippen molar-refractivity contribution in [2.45, 2.75) is 40.0 Å². The van der Waals surface area contributed by atoms with Gasteiger partial charge in [-0.25, -0.2) is 0 Å². The molecule has 3 N–H and O–H groups in total. The van der Waals surface area contributed by atoms with Crippen molar-refractivity contribution in [3.05, 3.63) is 50.4 Å². The van der Waals surface area contributed by atoms with E-state index in [1.165, 1.54) is 29.5 Å². The zero-order chi connectivity index (χ0) is 27.3.